The predicted molar refractivity (Wildman–Crippen MR) is 110 cm³/mol. The summed E-state index contributed by atoms with van der Waals surface area (Å²) in [4.78, 5) is 6.79. The van der Waals surface area contributed by atoms with Gasteiger partial charge in [-0.15, -0.1) is 0 Å². The molecular weight excluding hydrogens is 402 g/mol. The maximum absolute atomic E-state index is 13.5. The number of aromatic nitrogens is 1. The Morgan fingerprint density at radius 3 is 2.67 bits per heavy atom. The molecule has 1 atom stereocenters. The number of fused-ring (bicyclic) bond motifs is 1. The van der Waals surface area contributed by atoms with Gasteiger partial charge in [0.05, 0.1) is 31.6 Å². The normalized spacial score (nSPS) is 23.7. The Balaban J connectivity index is 1.49. The number of hydrogen-bond donors (Lipinski definition) is 0. The predicted octanol–water partition coefficient (Wildman–Crippen LogP) is 2.90. The van der Waals surface area contributed by atoms with E-state index in [9.17, 15) is 8.42 Å². The van der Waals surface area contributed by atoms with Gasteiger partial charge in [0.2, 0.25) is 10.0 Å². The second-order valence-electron chi connectivity index (χ2n) is 7.87. The van der Waals surface area contributed by atoms with Gasteiger partial charge >= 0.3 is 0 Å². The highest BCUT2D eigenvalue weighted by molar-refractivity contribution is 7.89. The summed E-state index contributed by atoms with van der Waals surface area (Å²) in [5, 5.41) is 0. The molecule has 0 saturated carbocycles. The van der Waals surface area contributed by atoms with Crippen LogP contribution >= 0.6 is 0 Å². The molecule has 0 radical (unpaired) electrons. The minimum atomic E-state index is -3.72. The average Bonchev–Trinajstić information content (AvgIpc) is 3.37. The van der Waals surface area contributed by atoms with Gasteiger partial charge in [-0.25, -0.2) is 8.42 Å². The first-order chi connectivity index (χ1) is 14.5. The molecule has 0 N–H and O–H groups in total. The number of hydrogen-bond acceptors (Lipinski definition) is 6. The molecule has 3 aromatic rings. The summed E-state index contributed by atoms with van der Waals surface area (Å²) in [5.41, 5.74) is 0.0853. The highest BCUT2D eigenvalue weighted by atomic mass is 32.2. The fourth-order valence-corrected chi connectivity index (χ4v) is 5.87. The second kappa shape index (κ2) is 7.54. The van der Waals surface area contributed by atoms with E-state index in [1.165, 1.54) is 4.31 Å². The van der Waals surface area contributed by atoms with Crippen LogP contribution in [0.25, 0.3) is 0 Å². The lowest BCUT2D eigenvalue weighted by molar-refractivity contribution is 0.0561. The number of benzene rings is 1. The van der Waals surface area contributed by atoms with Crippen molar-refractivity contribution in [2.45, 2.75) is 30.0 Å². The largest absolute Gasteiger partial charge is 0.483 e. The van der Waals surface area contributed by atoms with Crippen molar-refractivity contribution in [1.82, 2.24) is 14.2 Å². The first kappa shape index (κ1) is 19.3. The topological polar surface area (TPSA) is 75.9 Å². The van der Waals surface area contributed by atoms with Gasteiger partial charge < -0.3 is 9.15 Å². The minimum absolute atomic E-state index is 0.209. The lowest BCUT2D eigenvalue weighted by Gasteiger charge is -2.32. The van der Waals surface area contributed by atoms with Gasteiger partial charge in [0.1, 0.15) is 22.0 Å². The molecule has 8 heteroatoms. The van der Waals surface area contributed by atoms with Crippen LogP contribution in [0, 0.1) is 0 Å². The molecule has 0 amide bonds. The molecular formula is C22H23N3O4S. The third-order valence-corrected chi connectivity index (χ3v) is 7.51. The van der Waals surface area contributed by atoms with Crippen molar-refractivity contribution in [1.29, 1.82) is 0 Å². The van der Waals surface area contributed by atoms with E-state index in [4.69, 9.17) is 9.15 Å². The Labute approximate surface area is 175 Å². The Hall–Kier alpha value is -2.68. The lowest BCUT2D eigenvalue weighted by Crippen LogP contribution is -2.49. The number of ether oxygens (including phenoxy) is 1. The van der Waals surface area contributed by atoms with Crippen molar-refractivity contribution in [3.8, 4) is 5.75 Å². The summed E-state index contributed by atoms with van der Waals surface area (Å²) in [5.74, 6) is 1.31. The molecule has 4 heterocycles. The van der Waals surface area contributed by atoms with Gasteiger partial charge in [0.15, 0.2) is 0 Å². The summed E-state index contributed by atoms with van der Waals surface area (Å²) >= 11 is 0. The zero-order valence-electron chi connectivity index (χ0n) is 16.5. The molecule has 5 rings (SSSR count). The molecule has 2 aliphatic heterocycles. The van der Waals surface area contributed by atoms with E-state index in [2.05, 4.69) is 9.88 Å². The number of nitrogens with zero attached hydrogens (tertiary/aromatic N) is 3. The van der Waals surface area contributed by atoms with Crippen LogP contribution in [0.15, 0.2) is 76.4 Å². The van der Waals surface area contributed by atoms with Crippen molar-refractivity contribution >= 4 is 10.0 Å². The van der Waals surface area contributed by atoms with Crippen LogP contribution in [0.3, 0.4) is 0 Å². The Morgan fingerprint density at radius 2 is 1.87 bits per heavy atom. The molecule has 2 aliphatic rings. The summed E-state index contributed by atoms with van der Waals surface area (Å²) in [7, 11) is -3.72. The van der Waals surface area contributed by atoms with E-state index in [1.54, 1.807) is 30.7 Å². The zero-order valence-corrected chi connectivity index (χ0v) is 17.3. The first-order valence-electron chi connectivity index (χ1n) is 9.97. The number of sulfonamides is 1. The summed E-state index contributed by atoms with van der Waals surface area (Å²) in [6, 6.07) is 16.3. The van der Waals surface area contributed by atoms with Crippen molar-refractivity contribution < 1.29 is 17.6 Å². The summed E-state index contributed by atoms with van der Waals surface area (Å²) in [6.45, 7) is 2.58. The SMILES string of the molecule is O=S1(=O)c2ccccc2OC2(CCN(Cc3ccco3)C2)CN1Cc1ccccn1. The molecule has 1 aromatic carbocycles. The van der Waals surface area contributed by atoms with E-state index in [-0.39, 0.29) is 18.0 Å². The van der Waals surface area contributed by atoms with Crippen molar-refractivity contribution in [3.05, 3.63) is 78.5 Å². The van der Waals surface area contributed by atoms with Gasteiger partial charge in [-0.05, 0) is 36.4 Å². The second-order valence-corrected chi connectivity index (χ2v) is 9.77. The molecule has 0 bridgehead atoms. The van der Waals surface area contributed by atoms with E-state index in [0.717, 1.165) is 18.7 Å². The fraction of sp³-hybridized carbons (Fsp3) is 0.318. The van der Waals surface area contributed by atoms with Crippen LogP contribution in [0.1, 0.15) is 17.9 Å². The van der Waals surface area contributed by atoms with Gasteiger partial charge in [0.25, 0.3) is 0 Å². The van der Waals surface area contributed by atoms with Crippen LogP contribution in [-0.2, 0) is 23.1 Å². The Morgan fingerprint density at radius 1 is 1.00 bits per heavy atom. The van der Waals surface area contributed by atoms with Crippen molar-refractivity contribution in [3.63, 3.8) is 0 Å². The minimum Gasteiger partial charge on any atom is -0.483 e. The third-order valence-electron chi connectivity index (χ3n) is 5.68. The standard InChI is InChI=1S/C22H23N3O4S/c26-30(27)21-9-2-1-8-20(21)29-22(17-25(30)14-18-6-3-4-11-23-18)10-12-24(16-22)15-19-7-5-13-28-19/h1-9,11,13H,10,12,14-17H2. The van der Waals surface area contributed by atoms with Gasteiger partial charge in [-0.3, -0.25) is 9.88 Å². The molecule has 1 saturated heterocycles. The monoisotopic (exact) mass is 425 g/mol. The first-order valence-corrected chi connectivity index (χ1v) is 11.4. The van der Waals surface area contributed by atoms with Gasteiger partial charge in [-0.1, -0.05) is 18.2 Å². The smallest absolute Gasteiger partial charge is 0.247 e. The maximum atomic E-state index is 13.5. The van der Waals surface area contributed by atoms with E-state index < -0.39 is 15.6 Å². The van der Waals surface area contributed by atoms with Crippen LogP contribution in [0.4, 0.5) is 0 Å². The third kappa shape index (κ3) is 3.62. The van der Waals surface area contributed by atoms with Gasteiger partial charge in [0, 0.05) is 25.7 Å². The van der Waals surface area contributed by atoms with Crippen LogP contribution in [-0.4, -0.2) is 47.8 Å². The summed E-state index contributed by atoms with van der Waals surface area (Å²) in [6.07, 6.45) is 4.08. The average molecular weight is 426 g/mol. The molecule has 2 aromatic heterocycles. The maximum Gasteiger partial charge on any atom is 0.247 e. The fourth-order valence-electron chi connectivity index (χ4n) is 4.27. The molecule has 30 heavy (non-hydrogen) atoms. The number of furan rings is 1. The lowest BCUT2D eigenvalue weighted by atomic mass is 10.0. The van der Waals surface area contributed by atoms with E-state index in [0.29, 0.717) is 24.5 Å². The van der Waals surface area contributed by atoms with Crippen molar-refractivity contribution in [2.24, 2.45) is 0 Å². The Kier molecular flexibility index (Phi) is 4.85. The number of para-hydroxylation sites is 1. The van der Waals surface area contributed by atoms with Crippen LogP contribution < -0.4 is 4.74 Å². The van der Waals surface area contributed by atoms with Crippen LogP contribution in [0.2, 0.25) is 0 Å². The number of pyridine rings is 1. The zero-order chi connectivity index (χ0) is 20.6. The molecule has 1 spiro atoms. The van der Waals surface area contributed by atoms with Gasteiger partial charge in [-0.2, -0.15) is 4.31 Å². The van der Waals surface area contributed by atoms with E-state index in [1.807, 2.05) is 36.4 Å². The van der Waals surface area contributed by atoms with Crippen LogP contribution in [0.5, 0.6) is 5.75 Å². The number of likely N-dealkylation sites (tertiary alicyclic amines) is 1. The molecule has 7 nitrogen and oxygen atoms in total. The molecule has 156 valence electrons. The molecule has 1 unspecified atom stereocenters. The highest BCUT2D eigenvalue weighted by Crippen LogP contribution is 2.39. The summed E-state index contributed by atoms with van der Waals surface area (Å²) < 4.78 is 40.4. The van der Waals surface area contributed by atoms with Crippen molar-refractivity contribution in [2.75, 3.05) is 19.6 Å². The molecule has 0 aliphatic carbocycles. The Bertz CT molecular complexity index is 1120. The van der Waals surface area contributed by atoms with E-state index >= 15 is 0 Å². The highest BCUT2D eigenvalue weighted by Gasteiger charge is 2.47. The number of rotatable bonds is 4. The quantitative estimate of drug-likeness (QED) is 0.640. The molecule has 1 fully saturated rings.